The summed E-state index contributed by atoms with van der Waals surface area (Å²) in [4.78, 5) is 0. The molecule has 0 aromatic rings. The molecule has 2 unspecified atom stereocenters. The van der Waals surface area contributed by atoms with Crippen molar-refractivity contribution in [2.75, 3.05) is 0 Å². The Balaban J connectivity index is 1.73. The van der Waals surface area contributed by atoms with E-state index in [1.54, 1.807) is 5.57 Å². The van der Waals surface area contributed by atoms with Crippen molar-refractivity contribution in [3.63, 3.8) is 0 Å². The highest BCUT2D eigenvalue weighted by Crippen LogP contribution is 2.59. The fourth-order valence-electron chi connectivity index (χ4n) is 6.46. The molecule has 0 radical (unpaired) electrons. The third-order valence-electron chi connectivity index (χ3n) is 9.18. The molecule has 0 saturated heterocycles. The molecule has 0 aromatic heterocycles. The zero-order valence-corrected chi connectivity index (χ0v) is 20.6. The van der Waals surface area contributed by atoms with E-state index in [1.165, 1.54) is 37.7 Å². The predicted octanol–water partition coefficient (Wildman–Crippen LogP) is 5.81. The molecule has 3 N–H and O–H groups in total. The lowest BCUT2D eigenvalue weighted by atomic mass is 9.61. The number of allylic oxidation sites excluding steroid dienone is 4. The minimum absolute atomic E-state index is 0.0352. The lowest BCUT2D eigenvalue weighted by molar-refractivity contribution is 0.00406. The molecule has 3 fully saturated rings. The van der Waals surface area contributed by atoms with E-state index in [1.807, 2.05) is 20.8 Å². The molecule has 7 atom stereocenters. The van der Waals surface area contributed by atoms with Crippen molar-refractivity contribution in [1.29, 1.82) is 0 Å². The molecular weight excluding hydrogens is 384 g/mol. The van der Waals surface area contributed by atoms with Crippen LogP contribution in [0.1, 0.15) is 86.5 Å². The monoisotopic (exact) mass is 430 g/mol. The van der Waals surface area contributed by atoms with Crippen LogP contribution in [0.2, 0.25) is 0 Å². The Labute approximate surface area is 190 Å². The van der Waals surface area contributed by atoms with Crippen LogP contribution in [0.5, 0.6) is 0 Å². The van der Waals surface area contributed by atoms with Crippen molar-refractivity contribution < 1.29 is 15.3 Å². The summed E-state index contributed by atoms with van der Waals surface area (Å²) in [6.07, 6.45) is 15.9. The number of aliphatic hydroxyl groups excluding tert-OH is 2. The molecule has 3 heteroatoms. The van der Waals surface area contributed by atoms with Crippen LogP contribution in [0.3, 0.4) is 0 Å². The van der Waals surface area contributed by atoms with Crippen molar-refractivity contribution >= 4 is 0 Å². The molecule has 3 saturated carbocycles. The number of fused-ring (bicyclic) bond motifs is 1. The van der Waals surface area contributed by atoms with Gasteiger partial charge in [0.25, 0.3) is 0 Å². The highest BCUT2D eigenvalue weighted by molar-refractivity contribution is 5.26. The summed E-state index contributed by atoms with van der Waals surface area (Å²) in [5, 5.41) is 30.7. The van der Waals surface area contributed by atoms with Crippen LogP contribution in [0.15, 0.2) is 35.5 Å². The average Bonchev–Trinajstić information content (AvgIpc) is 3.05. The van der Waals surface area contributed by atoms with Crippen LogP contribution < -0.4 is 0 Å². The Morgan fingerprint density at radius 3 is 2.29 bits per heavy atom. The molecule has 0 heterocycles. The highest BCUT2D eigenvalue weighted by Gasteiger charge is 2.50. The Morgan fingerprint density at radius 2 is 1.68 bits per heavy atom. The smallest absolute Gasteiger partial charge is 0.0651 e. The zero-order valence-electron chi connectivity index (χ0n) is 20.6. The van der Waals surface area contributed by atoms with Gasteiger partial charge in [-0.3, -0.25) is 0 Å². The van der Waals surface area contributed by atoms with Crippen LogP contribution in [-0.4, -0.2) is 33.1 Å². The molecule has 0 spiro atoms. The van der Waals surface area contributed by atoms with Gasteiger partial charge in [-0.15, -0.1) is 0 Å². The van der Waals surface area contributed by atoms with E-state index in [9.17, 15) is 15.3 Å². The molecule has 3 aliphatic rings. The van der Waals surface area contributed by atoms with Gasteiger partial charge >= 0.3 is 0 Å². The summed E-state index contributed by atoms with van der Waals surface area (Å²) in [6.45, 7) is 12.7. The summed E-state index contributed by atoms with van der Waals surface area (Å²) in [5.74, 6) is 1.95. The Kier molecular flexibility index (Phi) is 7.61. The van der Waals surface area contributed by atoms with E-state index in [0.29, 0.717) is 36.0 Å². The number of rotatable bonds is 5. The second kappa shape index (κ2) is 9.53. The molecule has 0 bridgehead atoms. The van der Waals surface area contributed by atoms with Gasteiger partial charge in [-0.05, 0) is 82.0 Å². The van der Waals surface area contributed by atoms with Gasteiger partial charge in [-0.1, -0.05) is 63.1 Å². The van der Waals surface area contributed by atoms with Gasteiger partial charge in [0.05, 0.1) is 17.8 Å². The maximum Gasteiger partial charge on any atom is 0.0651 e. The molecule has 3 aliphatic carbocycles. The van der Waals surface area contributed by atoms with Crippen LogP contribution in [0.25, 0.3) is 0 Å². The normalized spacial score (nSPS) is 40.2. The minimum atomic E-state index is -0.676. The van der Waals surface area contributed by atoms with E-state index >= 15 is 0 Å². The molecular formula is C28H46O3. The largest absolute Gasteiger partial charge is 0.392 e. The standard InChI is InChI=1S/C28H46O3/c1-18(9-10-19(2)27(4,5)31)23-13-14-24-22(8-7-15-28(23,24)6)12-11-21-16-25(29)20(3)26(30)17-21/h9-12,18-20,23-26,29-31H,7-8,13-17H2,1-6H3/t18-,19-,20?,23?,24?,25+,26+,28+/m0/s1. The third-order valence-corrected chi connectivity index (χ3v) is 9.18. The zero-order chi connectivity index (χ0) is 23.0. The molecule has 31 heavy (non-hydrogen) atoms. The second-order valence-corrected chi connectivity index (χ2v) is 11.8. The van der Waals surface area contributed by atoms with Crippen molar-refractivity contribution in [2.45, 2.75) is 104 Å². The Bertz CT molecular complexity index is 698. The number of hydrogen-bond acceptors (Lipinski definition) is 3. The lowest BCUT2D eigenvalue weighted by Crippen LogP contribution is -2.36. The number of hydrogen-bond donors (Lipinski definition) is 3. The summed E-state index contributed by atoms with van der Waals surface area (Å²) in [6, 6.07) is 0. The maximum atomic E-state index is 10.3. The van der Waals surface area contributed by atoms with E-state index < -0.39 is 17.8 Å². The van der Waals surface area contributed by atoms with E-state index in [-0.39, 0.29) is 11.8 Å². The molecule has 176 valence electrons. The van der Waals surface area contributed by atoms with Crippen molar-refractivity contribution in [1.82, 2.24) is 0 Å². The van der Waals surface area contributed by atoms with Gasteiger partial charge in [0, 0.05) is 11.8 Å². The predicted molar refractivity (Wildman–Crippen MR) is 129 cm³/mol. The first-order valence-corrected chi connectivity index (χ1v) is 12.6. The molecule has 3 rings (SSSR count). The van der Waals surface area contributed by atoms with Crippen LogP contribution >= 0.6 is 0 Å². The van der Waals surface area contributed by atoms with Gasteiger partial charge < -0.3 is 15.3 Å². The summed E-state index contributed by atoms with van der Waals surface area (Å²) in [7, 11) is 0. The van der Waals surface area contributed by atoms with Crippen LogP contribution in [-0.2, 0) is 0 Å². The lowest BCUT2D eigenvalue weighted by Gasteiger charge is -2.44. The van der Waals surface area contributed by atoms with E-state index in [4.69, 9.17) is 0 Å². The summed E-state index contributed by atoms with van der Waals surface area (Å²) in [5.41, 5.74) is 2.42. The van der Waals surface area contributed by atoms with Gasteiger partial charge in [0.2, 0.25) is 0 Å². The highest BCUT2D eigenvalue weighted by atomic mass is 16.3. The molecule has 3 nitrogen and oxygen atoms in total. The van der Waals surface area contributed by atoms with Gasteiger partial charge in [0.1, 0.15) is 0 Å². The minimum Gasteiger partial charge on any atom is -0.392 e. The first-order valence-electron chi connectivity index (χ1n) is 12.6. The van der Waals surface area contributed by atoms with Crippen molar-refractivity contribution in [3.8, 4) is 0 Å². The van der Waals surface area contributed by atoms with Crippen molar-refractivity contribution in [3.05, 3.63) is 35.5 Å². The van der Waals surface area contributed by atoms with Crippen LogP contribution in [0, 0.1) is 35.0 Å². The third kappa shape index (κ3) is 5.37. The maximum absolute atomic E-state index is 10.3. The number of aliphatic hydroxyl groups is 3. The van der Waals surface area contributed by atoms with E-state index in [0.717, 1.165) is 0 Å². The fourth-order valence-corrected chi connectivity index (χ4v) is 6.46. The van der Waals surface area contributed by atoms with Gasteiger partial charge in [0.15, 0.2) is 0 Å². The Hall–Kier alpha value is -0.900. The first-order chi connectivity index (χ1) is 14.4. The molecule has 0 amide bonds. The topological polar surface area (TPSA) is 60.7 Å². The fraction of sp³-hybridized carbons (Fsp3) is 0.786. The van der Waals surface area contributed by atoms with E-state index in [2.05, 4.69) is 45.1 Å². The molecule has 0 aliphatic heterocycles. The molecule has 0 aromatic carbocycles. The first kappa shape index (κ1) is 24.7. The second-order valence-electron chi connectivity index (χ2n) is 11.8. The quantitative estimate of drug-likeness (QED) is 0.483. The van der Waals surface area contributed by atoms with Crippen molar-refractivity contribution in [2.24, 2.45) is 35.0 Å². The Morgan fingerprint density at radius 1 is 1.03 bits per heavy atom. The van der Waals surface area contributed by atoms with Crippen LogP contribution in [0.4, 0.5) is 0 Å². The SMILES string of the molecule is CC1[C@H](O)CC(=CC=C2CCC[C@@]3(C)C2CCC3[C@@H](C)C=C[C@H](C)C(C)(C)O)C[C@H]1O. The van der Waals surface area contributed by atoms with Gasteiger partial charge in [-0.25, -0.2) is 0 Å². The average molecular weight is 431 g/mol. The summed E-state index contributed by atoms with van der Waals surface area (Å²) >= 11 is 0. The van der Waals surface area contributed by atoms with Gasteiger partial charge in [-0.2, -0.15) is 0 Å². The summed E-state index contributed by atoms with van der Waals surface area (Å²) < 4.78 is 0.